The van der Waals surface area contributed by atoms with Crippen LogP contribution in [-0.2, 0) is 6.18 Å². The van der Waals surface area contributed by atoms with E-state index in [1.165, 1.54) is 18.3 Å². The van der Waals surface area contributed by atoms with Crippen LogP contribution < -0.4 is 5.73 Å². The highest BCUT2D eigenvalue weighted by molar-refractivity contribution is 5.75. The molecule has 0 spiro atoms. The number of phenolic OH excluding ortho intramolecular Hbond substituents is 1. The summed E-state index contributed by atoms with van der Waals surface area (Å²) in [6, 6.07) is 6.85. The van der Waals surface area contributed by atoms with E-state index in [-0.39, 0.29) is 22.8 Å². The molecule has 0 radical (unpaired) electrons. The Hall–Kier alpha value is -2.77. The second-order valence-electron chi connectivity index (χ2n) is 4.41. The molecule has 0 aliphatic carbocycles. The van der Waals surface area contributed by atoms with Crippen LogP contribution in [0.4, 0.5) is 18.9 Å². The first kappa shape index (κ1) is 13.2. The molecule has 0 saturated carbocycles. The Morgan fingerprint density at radius 2 is 1.95 bits per heavy atom. The zero-order valence-electron chi connectivity index (χ0n) is 10.5. The van der Waals surface area contributed by atoms with E-state index in [4.69, 9.17) is 5.73 Å². The van der Waals surface area contributed by atoms with Crippen molar-refractivity contribution in [3.8, 4) is 17.0 Å². The summed E-state index contributed by atoms with van der Waals surface area (Å²) >= 11 is 0. The molecule has 0 aliphatic rings. The quantitative estimate of drug-likeness (QED) is 0.723. The Bertz CT molecular complexity index is 826. The summed E-state index contributed by atoms with van der Waals surface area (Å²) < 4.78 is 39.3. The molecule has 3 rings (SSSR count). The van der Waals surface area contributed by atoms with Gasteiger partial charge in [-0.15, -0.1) is 0 Å². The Morgan fingerprint density at radius 1 is 1.19 bits per heavy atom. The highest BCUT2D eigenvalue weighted by Gasteiger charge is 2.34. The number of halogens is 3. The first-order valence-corrected chi connectivity index (χ1v) is 5.87. The fourth-order valence-corrected chi connectivity index (χ4v) is 2.03. The van der Waals surface area contributed by atoms with Gasteiger partial charge in [0.1, 0.15) is 5.75 Å². The minimum absolute atomic E-state index is 0.0230. The molecule has 108 valence electrons. The zero-order chi connectivity index (χ0) is 15.2. The number of anilines is 1. The number of phenols is 1. The second kappa shape index (κ2) is 4.37. The third-order valence-corrected chi connectivity index (χ3v) is 2.92. The van der Waals surface area contributed by atoms with Crippen LogP contribution in [0.15, 0.2) is 36.5 Å². The molecule has 0 aliphatic heterocycles. The molecule has 8 heteroatoms. The van der Waals surface area contributed by atoms with Gasteiger partial charge in [-0.2, -0.15) is 18.3 Å². The van der Waals surface area contributed by atoms with Crippen LogP contribution in [0, 0.1) is 0 Å². The van der Waals surface area contributed by atoms with Crippen molar-refractivity contribution < 1.29 is 18.3 Å². The maximum Gasteiger partial charge on any atom is 0.435 e. The van der Waals surface area contributed by atoms with Crippen molar-refractivity contribution in [2.45, 2.75) is 6.18 Å². The molecule has 2 aromatic heterocycles. The second-order valence-corrected chi connectivity index (χ2v) is 4.41. The number of alkyl halides is 3. The third kappa shape index (κ3) is 2.24. The topological polar surface area (TPSA) is 76.4 Å². The van der Waals surface area contributed by atoms with Crippen molar-refractivity contribution in [3.05, 3.63) is 42.2 Å². The van der Waals surface area contributed by atoms with E-state index in [9.17, 15) is 18.3 Å². The standard InChI is InChI=1S/C13H9F3N4O/c14-13(15,16)10-5-11-18-6-9(17)12(20(11)19-10)7-2-1-3-8(21)4-7/h1-6,21H,17H2. The van der Waals surface area contributed by atoms with Crippen molar-refractivity contribution in [2.75, 3.05) is 5.73 Å². The molecule has 0 atom stereocenters. The molecular formula is C13H9F3N4O. The Morgan fingerprint density at radius 3 is 2.62 bits per heavy atom. The summed E-state index contributed by atoms with van der Waals surface area (Å²) in [5.41, 5.74) is 5.61. The molecule has 0 bridgehead atoms. The van der Waals surface area contributed by atoms with Crippen molar-refractivity contribution in [3.63, 3.8) is 0 Å². The normalized spacial score (nSPS) is 12.0. The van der Waals surface area contributed by atoms with Gasteiger partial charge in [-0.3, -0.25) is 0 Å². The van der Waals surface area contributed by atoms with Gasteiger partial charge in [0.2, 0.25) is 0 Å². The van der Waals surface area contributed by atoms with Crippen LogP contribution in [0.25, 0.3) is 16.9 Å². The van der Waals surface area contributed by atoms with Gasteiger partial charge in [-0.1, -0.05) is 12.1 Å². The average molecular weight is 294 g/mol. The summed E-state index contributed by atoms with van der Waals surface area (Å²) in [5, 5.41) is 13.0. The van der Waals surface area contributed by atoms with Crippen molar-refractivity contribution >= 4 is 11.3 Å². The van der Waals surface area contributed by atoms with Gasteiger partial charge >= 0.3 is 6.18 Å². The lowest BCUT2D eigenvalue weighted by Gasteiger charge is -2.08. The van der Waals surface area contributed by atoms with Gasteiger partial charge in [0.15, 0.2) is 11.3 Å². The van der Waals surface area contributed by atoms with E-state index in [2.05, 4.69) is 10.1 Å². The van der Waals surface area contributed by atoms with Crippen LogP contribution in [0.3, 0.4) is 0 Å². The summed E-state index contributed by atoms with van der Waals surface area (Å²) in [4.78, 5) is 3.84. The fraction of sp³-hybridized carbons (Fsp3) is 0.0769. The van der Waals surface area contributed by atoms with Gasteiger partial charge in [0, 0.05) is 11.6 Å². The fourth-order valence-electron chi connectivity index (χ4n) is 2.03. The van der Waals surface area contributed by atoms with Gasteiger partial charge in [0.05, 0.1) is 17.6 Å². The number of fused-ring (bicyclic) bond motifs is 1. The van der Waals surface area contributed by atoms with Gasteiger partial charge < -0.3 is 10.8 Å². The molecule has 0 saturated heterocycles. The van der Waals surface area contributed by atoms with Gasteiger partial charge in [0.25, 0.3) is 0 Å². The van der Waals surface area contributed by atoms with Crippen LogP contribution in [0.1, 0.15) is 5.69 Å². The van der Waals surface area contributed by atoms with Crippen LogP contribution >= 0.6 is 0 Å². The van der Waals surface area contributed by atoms with E-state index >= 15 is 0 Å². The molecular weight excluding hydrogens is 285 g/mol. The van der Waals surface area contributed by atoms with Gasteiger partial charge in [-0.25, -0.2) is 9.50 Å². The lowest BCUT2D eigenvalue weighted by molar-refractivity contribution is -0.141. The number of benzene rings is 1. The zero-order valence-corrected chi connectivity index (χ0v) is 10.5. The Labute approximate surface area is 116 Å². The predicted molar refractivity (Wildman–Crippen MR) is 69.5 cm³/mol. The van der Waals surface area contributed by atoms with Gasteiger partial charge in [-0.05, 0) is 12.1 Å². The number of nitrogen functional groups attached to an aromatic ring is 1. The Balaban J connectivity index is 2.31. The van der Waals surface area contributed by atoms with Crippen LogP contribution in [-0.4, -0.2) is 19.7 Å². The number of hydrogen-bond acceptors (Lipinski definition) is 4. The molecule has 3 N–H and O–H groups in total. The lowest BCUT2D eigenvalue weighted by atomic mass is 10.1. The van der Waals surface area contributed by atoms with Crippen LogP contribution in [0.2, 0.25) is 0 Å². The van der Waals surface area contributed by atoms with E-state index in [0.717, 1.165) is 10.6 Å². The third-order valence-electron chi connectivity index (χ3n) is 2.92. The number of nitrogens with two attached hydrogens (primary N) is 1. The first-order valence-electron chi connectivity index (χ1n) is 5.87. The van der Waals surface area contributed by atoms with Crippen molar-refractivity contribution in [1.29, 1.82) is 0 Å². The maximum absolute atomic E-state index is 12.8. The monoisotopic (exact) mass is 294 g/mol. The first-order chi connectivity index (χ1) is 9.86. The lowest BCUT2D eigenvalue weighted by Crippen LogP contribution is -2.07. The van der Waals surface area contributed by atoms with Crippen LogP contribution in [0.5, 0.6) is 5.75 Å². The minimum atomic E-state index is -4.57. The molecule has 0 fully saturated rings. The van der Waals surface area contributed by atoms with E-state index in [1.54, 1.807) is 12.1 Å². The summed E-state index contributed by atoms with van der Waals surface area (Å²) in [6.45, 7) is 0. The van der Waals surface area contributed by atoms with E-state index < -0.39 is 11.9 Å². The highest BCUT2D eigenvalue weighted by atomic mass is 19.4. The van der Waals surface area contributed by atoms with E-state index in [1.807, 2.05) is 0 Å². The Kier molecular flexibility index (Phi) is 2.75. The molecule has 21 heavy (non-hydrogen) atoms. The number of rotatable bonds is 1. The van der Waals surface area contributed by atoms with E-state index in [0.29, 0.717) is 5.56 Å². The molecule has 2 heterocycles. The molecule has 5 nitrogen and oxygen atoms in total. The number of hydrogen-bond donors (Lipinski definition) is 2. The SMILES string of the molecule is Nc1cnc2cc(C(F)(F)F)nn2c1-c1cccc(O)c1. The highest BCUT2D eigenvalue weighted by Crippen LogP contribution is 2.32. The van der Waals surface area contributed by atoms with Crippen molar-refractivity contribution in [2.24, 2.45) is 0 Å². The molecule has 3 aromatic rings. The summed E-state index contributed by atoms with van der Waals surface area (Å²) in [5.74, 6) is -0.0277. The summed E-state index contributed by atoms with van der Waals surface area (Å²) in [7, 11) is 0. The molecule has 0 unspecified atom stereocenters. The largest absolute Gasteiger partial charge is 0.508 e. The predicted octanol–water partition coefficient (Wildman–Crippen LogP) is 2.70. The van der Waals surface area contributed by atoms with Crippen molar-refractivity contribution in [1.82, 2.24) is 14.6 Å². The average Bonchev–Trinajstić information content (AvgIpc) is 2.82. The summed E-state index contributed by atoms with van der Waals surface area (Å²) in [6.07, 6.45) is -3.31. The maximum atomic E-state index is 12.8. The minimum Gasteiger partial charge on any atom is -0.508 e. The number of aromatic hydroxyl groups is 1. The number of aromatic nitrogens is 3. The number of nitrogens with zero attached hydrogens (tertiary/aromatic N) is 3. The smallest absolute Gasteiger partial charge is 0.435 e. The molecule has 0 amide bonds. The molecule has 1 aromatic carbocycles.